The monoisotopic (exact) mass is 615 g/mol. The van der Waals surface area contributed by atoms with Crippen molar-refractivity contribution in [2.24, 2.45) is 4.99 Å². The Morgan fingerprint density at radius 3 is 1.60 bits per heavy atom. The van der Waals surface area contributed by atoms with Crippen molar-refractivity contribution in [3.8, 4) is 34.4 Å². The molecule has 0 amide bonds. The number of hydrogen-bond donors (Lipinski definition) is 2. The van der Waals surface area contributed by atoms with Crippen molar-refractivity contribution in [3.63, 3.8) is 0 Å². The van der Waals surface area contributed by atoms with Crippen molar-refractivity contribution in [2.45, 2.75) is 12.3 Å². The van der Waals surface area contributed by atoms with Crippen LogP contribution in [0.15, 0.2) is 157 Å². The summed E-state index contributed by atoms with van der Waals surface area (Å²) < 4.78 is 0. The largest absolute Gasteiger partial charge is 0.350 e. The summed E-state index contributed by atoms with van der Waals surface area (Å²) in [5, 5.41) is 30.5. The van der Waals surface area contributed by atoms with E-state index in [4.69, 9.17) is 4.99 Å². The maximum atomic E-state index is 9.41. The highest BCUT2D eigenvalue weighted by atomic mass is 15.3. The summed E-state index contributed by atoms with van der Waals surface area (Å²) in [4.78, 5) is 5.23. The van der Waals surface area contributed by atoms with Gasteiger partial charge in [-0.05, 0) is 110 Å². The number of fused-ring (bicyclic) bond motifs is 2. The smallest absolute Gasteiger partial charge is 0.131 e. The van der Waals surface area contributed by atoms with Gasteiger partial charge in [0.05, 0.1) is 23.3 Å². The first-order chi connectivity index (χ1) is 23.6. The van der Waals surface area contributed by atoms with Crippen LogP contribution in [0, 0.1) is 22.7 Å². The van der Waals surface area contributed by atoms with Gasteiger partial charge in [-0.25, -0.2) is 4.99 Å². The van der Waals surface area contributed by atoms with Gasteiger partial charge >= 0.3 is 0 Å². The van der Waals surface area contributed by atoms with Crippen LogP contribution in [0.5, 0.6) is 0 Å². The third-order valence-electron chi connectivity index (χ3n) is 8.92. The number of rotatable bonds is 5. The Bertz CT molecular complexity index is 2380. The molecule has 48 heavy (non-hydrogen) atoms. The quantitative estimate of drug-likeness (QED) is 0.202. The van der Waals surface area contributed by atoms with E-state index >= 15 is 0 Å². The molecular weight excluding hydrogens is 587 g/mol. The van der Waals surface area contributed by atoms with Gasteiger partial charge < -0.3 is 5.32 Å². The fraction of sp³-hybridized carbons (Fsp3) is 0.0465. The summed E-state index contributed by atoms with van der Waals surface area (Å²) in [5.41, 5.74) is 8.92. The molecule has 0 bridgehead atoms. The van der Waals surface area contributed by atoms with Crippen LogP contribution >= 0.6 is 0 Å². The van der Waals surface area contributed by atoms with Crippen LogP contribution in [0.25, 0.3) is 43.8 Å². The highest BCUT2D eigenvalue weighted by Gasteiger charge is 2.26. The van der Waals surface area contributed by atoms with Gasteiger partial charge in [0.15, 0.2) is 0 Å². The van der Waals surface area contributed by atoms with E-state index in [0.717, 1.165) is 66.3 Å². The minimum absolute atomic E-state index is 0.262. The van der Waals surface area contributed by atoms with Crippen LogP contribution in [0.2, 0.25) is 0 Å². The lowest BCUT2D eigenvalue weighted by molar-refractivity contribution is 0.409. The molecule has 7 aromatic rings. The Hall–Kier alpha value is -6.53. The molecule has 0 aromatic heterocycles. The summed E-state index contributed by atoms with van der Waals surface area (Å²) in [7, 11) is 0. The average molecular weight is 616 g/mol. The normalized spacial score (nSPS) is 15.7. The molecule has 0 aliphatic carbocycles. The fourth-order valence-electron chi connectivity index (χ4n) is 6.43. The molecule has 2 N–H and O–H groups in total. The van der Waals surface area contributed by atoms with E-state index < -0.39 is 0 Å². The molecule has 5 nitrogen and oxygen atoms in total. The zero-order valence-electron chi connectivity index (χ0n) is 25.9. The van der Waals surface area contributed by atoms with Crippen molar-refractivity contribution < 1.29 is 0 Å². The summed E-state index contributed by atoms with van der Waals surface area (Å²) in [6.45, 7) is 0. The number of nitrogens with one attached hydrogen (secondary N) is 2. The van der Waals surface area contributed by atoms with Gasteiger partial charge in [0.25, 0.3) is 0 Å². The molecule has 7 aromatic carbocycles. The Labute approximate surface area is 279 Å². The Kier molecular flexibility index (Phi) is 7.43. The Morgan fingerprint density at radius 2 is 1.00 bits per heavy atom. The SMILES string of the molecule is N#Cc1ccc2cc(C3=NC(c4ccc5cc(C#N)ccc5c4)NC(c4cc(-c5ccccc5)cc(-c5ccccc5)c4)N3)ccc2c1. The van der Waals surface area contributed by atoms with E-state index in [9.17, 15) is 10.5 Å². The highest BCUT2D eigenvalue weighted by Crippen LogP contribution is 2.34. The minimum Gasteiger partial charge on any atom is -0.350 e. The standard InChI is InChI=1S/C43H29N5/c44-26-28-11-13-34-21-36(17-15-32(34)19-28)41-46-42(37-18-16-33-20-29(27-45)12-14-35(33)22-37)48-43(47-41)40-24-38(30-7-3-1-4-8-30)23-39(25-40)31-9-5-2-6-10-31/h1-25,41,43,47H,(H,46,48). The molecule has 1 aliphatic rings. The van der Waals surface area contributed by atoms with E-state index in [0.29, 0.717) is 11.1 Å². The van der Waals surface area contributed by atoms with Gasteiger partial charge in [0.1, 0.15) is 18.2 Å². The summed E-state index contributed by atoms with van der Waals surface area (Å²) in [6.07, 6.45) is -0.606. The van der Waals surface area contributed by atoms with Gasteiger partial charge in [0, 0.05) is 5.56 Å². The lowest BCUT2D eigenvalue weighted by atomic mass is 9.94. The van der Waals surface area contributed by atoms with E-state index in [-0.39, 0.29) is 12.3 Å². The third kappa shape index (κ3) is 5.67. The number of nitriles is 2. The fourth-order valence-corrected chi connectivity index (χ4v) is 6.43. The molecule has 5 heteroatoms. The van der Waals surface area contributed by atoms with Crippen LogP contribution in [0.1, 0.15) is 40.1 Å². The zero-order valence-corrected chi connectivity index (χ0v) is 25.9. The molecule has 0 spiro atoms. The molecule has 0 fully saturated rings. The zero-order chi connectivity index (χ0) is 32.5. The number of hydrogen-bond acceptors (Lipinski definition) is 5. The molecule has 226 valence electrons. The van der Waals surface area contributed by atoms with Crippen molar-refractivity contribution in [2.75, 3.05) is 0 Å². The van der Waals surface area contributed by atoms with Crippen LogP contribution in [-0.2, 0) is 0 Å². The second-order valence-electron chi connectivity index (χ2n) is 12.0. The number of amidine groups is 1. The topological polar surface area (TPSA) is 84.0 Å². The maximum absolute atomic E-state index is 9.41. The van der Waals surface area contributed by atoms with Gasteiger partial charge in [-0.3, -0.25) is 5.32 Å². The van der Waals surface area contributed by atoms with Crippen LogP contribution < -0.4 is 10.6 Å². The first-order valence-electron chi connectivity index (χ1n) is 15.9. The summed E-state index contributed by atoms with van der Waals surface area (Å²) in [6, 6.07) is 56.2. The van der Waals surface area contributed by atoms with Gasteiger partial charge in [0.2, 0.25) is 0 Å². The van der Waals surface area contributed by atoms with E-state index in [1.807, 2.05) is 54.6 Å². The van der Waals surface area contributed by atoms with Gasteiger partial charge in [-0.1, -0.05) is 97.1 Å². The second-order valence-corrected chi connectivity index (χ2v) is 12.0. The van der Waals surface area contributed by atoms with Gasteiger partial charge in [-0.15, -0.1) is 0 Å². The predicted octanol–water partition coefficient (Wildman–Crippen LogP) is 9.41. The van der Waals surface area contributed by atoms with Crippen molar-refractivity contribution in [3.05, 3.63) is 179 Å². The molecule has 1 aliphatic heterocycles. The highest BCUT2D eigenvalue weighted by molar-refractivity contribution is 6.03. The van der Waals surface area contributed by atoms with Crippen LogP contribution in [-0.4, -0.2) is 5.84 Å². The second kappa shape index (κ2) is 12.3. The van der Waals surface area contributed by atoms with E-state index in [1.165, 1.54) is 0 Å². The Balaban J connectivity index is 1.26. The molecule has 0 radical (unpaired) electrons. The first kappa shape index (κ1) is 28.9. The number of benzene rings is 7. The molecule has 2 atom stereocenters. The lowest BCUT2D eigenvalue weighted by Gasteiger charge is -2.33. The molecule has 8 rings (SSSR count). The molecule has 1 heterocycles. The van der Waals surface area contributed by atoms with Crippen molar-refractivity contribution in [1.82, 2.24) is 10.6 Å². The molecule has 2 unspecified atom stereocenters. The third-order valence-corrected chi connectivity index (χ3v) is 8.92. The average Bonchev–Trinajstić information content (AvgIpc) is 3.17. The molecule has 0 saturated carbocycles. The van der Waals surface area contributed by atoms with Crippen molar-refractivity contribution >= 4 is 27.4 Å². The molecule has 0 saturated heterocycles. The van der Waals surface area contributed by atoms with E-state index in [1.54, 1.807) is 0 Å². The summed E-state index contributed by atoms with van der Waals surface area (Å²) >= 11 is 0. The minimum atomic E-state index is -0.344. The number of aliphatic imine (C=N–C) groups is 1. The lowest BCUT2D eigenvalue weighted by Crippen LogP contribution is -2.45. The summed E-state index contributed by atoms with van der Waals surface area (Å²) in [5.74, 6) is 0.779. The first-order valence-corrected chi connectivity index (χ1v) is 15.9. The number of nitrogens with zero attached hydrogens (tertiary/aromatic N) is 3. The van der Waals surface area contributed by atoms with Crippen molar-refractivity contribution in [1.29, 1.82) is 10.5 Å². The maximum Gasteiger partial charge on any atom is 0.131 e. The van der Waals surface area contributed by atoms with E-state index in [2.05, 4.69) is 120 Å². The van der Waals surface area contributed by atoms with Gasteiger partial charge in [-0.2, -0.15) is 10.5 Å². The van der Waals surface area contributed by atoms with Crippen LogP contribution in [0.4, 0.5) is 0 Å². The Morgan fingerprint density at radius 1 is 0.458 bits per heavy atom. The molecular formula is C43H29N5. The van der Waals surface area contributed by atoms with Crippen LogP contribution in [0.3, 0.4) is 0 Å². The predicted molar refractivity (Wildman–Crippen MR) is 193 cm³/mol.